The summed E-state index contributed by atoms with van der Waals surface area (Å²) in [4.78, 5) is 0. The molecular weight excluding hydrogens is 273 g/mol. The summed E-state index contributed by atoms with van der Waals surface area (Å²) in [6.07, 6.45) is -4.07. The molecule has 4 nitrogen and oxygen atoms in total. The minimum absolute atomic E-state index is 0.00187. The Kier molecular flexibility index (Phi) is 4.52. The maximum Gasteiger partial charge on any atom is 0.573 e. The Morgan fingerprint density at radius 2 is 2.10 bits per heavy atom. The zero-order valence-electron chi connectivity index (χ0n) is 11.0. The summed E-state index contributed by atoms with van der Waals surface area (Å²) in [6.45, 7) is 2.46. The summed E-state index contributed by atoms with van der Waals surface area (Å²) >= 11 is 0. The van der Waals surface area contributed by atoms with Gasteiger partial charge in [0.15, 0.2) is 0 Å². The van der Waals surface area contributed by atoms with Crippen molar-refractivity contribution in [1.29, 1.82) is 0 Å². The van der Waals surface area contributed by atoms with Gasteiger partial charge in [-0.1, -0.05) is 18.2 Å². The van der Waals surface area contributed by atoms with Crippen molar-refractivity contribution >= 4 is 0 Å². The molecule has 112 valence electrons. The summed E-state index contributed by atoms with van der Waals surface area (Å²) in [7, 11) is 0. The molecule has 0 radical (unpaired) electrons. The monoisotopic (exact) mass is 290 g/mol. The summed E-state index contributed by atoms with van der Waals surface area (Å²) in [6, 6.07) is 5.56. The van der Waals surface area contributed by atoms with Crippen molar-refractivity contribution in [1.82, 2.24) is 5.43 Å². The molecule has 0 aliphatic carbocycles. The second-order valence-electron chi connectivity index (χ2n) is 4.76. The van der Waals surface area contributed by atoms with Crippen molar-refractivity contribution in [3.05, 3.63) is 29.8 Å². The zero-order chi connectivity index (χ0) is 14.8. The molecule has 0 bridgehead atoms. The number of hydrogen-bond donors (Lipinski definition) is 2. The number of rotatable bonds is 4. The molecule has 1 aliphatic heterocycles. The molecule has 3 N–H and O–H groups in total. The third kappa shape index (κ3) is 3.41. The topological polar surface area (TPSA) is 56.5 Å². The number of para-hydroxylation sites is 1. The van der Waals surface area contributed by atoms with E-state index in [0.29, 0.717) is 12.2 Å². The van der Waals surface area contributed by atoms with Crippen molar-refractivity contribution in [2.24, 2.45) is 11.8 Å². The molecule has 0 aromatic heterocycles. The van der Waals surface area contributed by atoms with Crippen LogP contribution in [0.15, 0.2) is 24.3 Å². The molecule has 3 atom stereocenters. The number of ether oxygens (including phenoxy) is 2. The Balaban J connectivity index is 2.29. The molecule has 3 unspecified atom stereocenters. The SMILES string of the molecule is CC1OCCC1C(NN)c1ccccc1OC(F)(F)F. The number of nitrogens with two attached hydrogens (primary N) is 1. The summed E-state index contributed by atoms with van der Waals surface area (Å²) < 4.78 is 46.9. The van der Waals surface area contributed by atoms with Crippen LogP contribution in [-0.2, 0) is 4.74 Å². The molecular formula is C13H17F3N2O2. The lowest BCUT2D eigenvalue weighted by Crippen LogP contribution is -2.36. The zero-order valence-corrected chi connectivity index (χ0v) is 11.0. The maximum atomic E-state index is 12.4. The predicted molar refractivity (Wildman–Crippen MR) is 66.7 cm³/mol. The lowest BCUT2D eigenvalue weighted by atomic mass is 9.88. The fourth-order valence-corrected chi connectivity index (χ4v) is 2.59. The van der Waals surface area contributed by atoms with Gasteiger partial charge in [-0.25, -0.2) is 0 Å². The second-order valence-corrected chi connectivity index (χ2v) is 4.76. The summed E-state index contributed by atoms with van der Waals surface area (Å²) in [5.74, 6) is 5.30. The largest absolute Gasteiger partial charge is 0.573 e. The van der Waals surface area contributed by atoms with Gasteiger partial charge in [-0.3, -0.25) is 11.3 Å². The standard InChI is InChI=1S/C13H17F3N2O2/c1-8-9(6-7-19-8)12(18-17)10-4-2-3-5-11(10)20-13(14,15)16/h2-5,8-9,12,18H,6-7,17H2,1H3. The Labute approximate surface area is 115 Å². The Morgan fingerprint density at radius 3 is 2.65 bits per heavy atom. The highest BCUT2D eigenvalue weighted by molar-refractivity contribution is 5.36. The van der Waals surface area contributed by atoms with Crippen molar-refractivity contribution in [3.63, 3.8) is 0 Å². The first kappa shape index (κ1) is 15.1. The maximum absolute atomic E-state index is 12.4. The van der Waals surface area contributed by atoms with E-state index in [1.807, 2.05) is 6.92 Å². The van der Waals surface area contributed by atoms with E-state index in [-0.39, 0.29) is 17.8 Å². The average molecular weight is 290 g/mol. The predicted octanol–water partition coefficient (Wildman–Crippen LogP) is 2.51. The highest BCUT2D eigenvalue weighted by Crippen LogP contribution is 2.38. The van der Waals surface area contributed by atoms with E-state index >= 15 is 0 Å². The molecule has 1 aromatic carbocycles. The lowest BCUT2D eigenvalue weighted by Gasteiger charge is -2.27. The Morgan fingerprint density at radius 1 is 1.40 bits per heavy atom. The van der Waals surface area contributed by atoms with E-state index in [4.69, 9.17) is 10.6 Å². The lowest BCUT2D eigenvalue weighted by molar-refractivity contribution is -0.275. The van der Waals surface area contributed by atoms with Crippen LogP contribution in [0.1, 0.15) is 24.9 Å². The third-order valence-corrected chi connectivity index (χ3v) is 3.52. The van der Waals surface area contributed by atoms with Crippen LogP contribution < -0.4 is 16.0 Å². The highest BCUT2D eigenvalue weighted by atomic mass is 19.4. The minimum atomic E-state index is -4.73. The van der Waals surface area contributed by atoms with Gasteiger partial charge in [-0.15, -0.1) is 13.2 Å². The van der Waals surface area contributed by atoms with Crippen LogP contribution in [0.25, 0.3) is 0 Å². The van der Waals surface area contributed by atoms with E-state index in [1.165, 1.54) is 12.1 Å². The van der Waals surface area contributed by atoms with Gasteiger partial charge in [0.1, 0.15) is 5.75 Å². The second kappa shape index (κ2) is 5.99. The smallest absolute Gasteiger partial charge is 0.405 e. The highest BCUT2D eigenvalue weighted by Gasteiger charge is 2.36. The van der Waals surface area contributed by atoms with Crippen molar-refractivity contribution in [3.8, 4) is 5.75 Å². The van der Waals surface area contributed by atoms with Gasteiger partial charge < -0.3 is 9.47 Å². The molecule has 1 fully saturated rings. The van der Waals surface area contributed by atoms with E-state index in [1.54, 1.807) is 12.1 Å². The molecule has 1 saturated heterocycles. The summed E-state index contributed by atoms with van der Waals surface area (Å²) in [5, 5.41) is 0. The Bertz CT molecular complexity index is 453. The van der Waals surface area contributed by atoms with Crippen LogP contribution in [0, 0.1) is 5.92 Å². The molecule has 1 aliphatic rings. The molecule has 1 aromatic rings. The Hall–Kier alpha value is -1.31. The number of alkyl halides is 3. The van der Waals surface area contributed by atoms with Crippen LogP contribution in [-0.4, -0.2) is 19.1 Å². The van der Waals surface area contributed by atoms with Crippen molar-refractivity contribution in [2.45, 2.75) is 31.9 Å². The third-order valence-electron chi connectivity index (χ3n) is 3.52. The molecule has 7 heteroatoms. The van der Waals surface area contributed by atoms with Crippen LogP contribution in [0.4, 0.5) is 13.2 Å². The van der Waals surface area contributed by atoms with Crippen molar-refractivity contribution < 1.29 is 22.6 Å². The first-order valence-electron chi connectivity index (χ1n) is 6.35. The number of benzene rings is 1. The van der Waals surface area contributed by atoms with E-state index in [0.717, 1.165) is 6.42 Å². The van der Waals surface area contributed by atoms with E-state index in [2.05, 4.69) is 10.2 Å². The summed E-state index contributed by atoms with van der Waals surface area (Å²) in [5.41, 5.74) is 2.97. The van der Waals surface area contributed by atoms with Gasteiger partial charge in [0, 0.05) is 18.1 Å². The van der Waals surface area contributed by atoms with E-state index in [9.17, 15) is 13.2 Å². The molecule has 2 rings (SSSR count). The normalized spacial score (nSPS) is 24.6. The minimum Gasteiger partial charge on any atom is -0.405 e. The number of hydrazine groups is 1. The van der Waals surface area contributed by atoms with Gasteiger partial charge in [-0.05, 0) is 19.4 Å². The van der Waals surface area contributed by atoms with E-state index < -0.39 is 12.4 Å². The van der Waals surface area contributed by atoms with Crippen molar-refractivity contribution in [2.75, 3.05) is 6.61 Å². The van der Waals surface area contributed by atoms with Gasteiger partial charge in [0.05, 0.1) is 12.1 Å². The molecule has 1 heterocycles. The fourth-order valence-electron chi connectivity index (χ4n) is 2.59. The van der Waals surface area contributed by atoms with Gasteiger partial charge in [0.2, 0.25) is 0 Å². The van der Waals surface area contributed by atoms with Gasteiger partial charge in [0.25, 0.3) is 0 Å². The van der Waals surface area contributed by atoms with Crippen LogP contribution in [0.3, 0.4) is 0 Å². The first-order chi connectivity index (χ1) is 9.42. The average Bonchev–Trinajstić information content (AvgIpc) is 2.77. The van der Waals surface area contributed by atoms with Gasteiger partial charge in [-0.2, -0.15) is 0 Å². The number of halogens is 3. The number of hydrogen-bond acceptors (Lipinski definition) is 4. The first-order valence-corrected chi connectivity index (χ1v) is 6.35. The quantitative estimate of drug-likeness (QED) is 0.661. The molecule has 0 amide bonds. The fraction of sp³-hybridized carbons (Fsp3) is 0.538. The van der Waals surface area contributed by atoms with Gasteiger partial charge >= 0.3 is 6.36 Å². The molecule has 0 spiro atoms. The molecule has 20 heavy (non-hydrogen) atoms. The van der Waals surface area contributed by atoms with Crippen LogP contribution >= 0.6 is 0 Å². The molecule has 0 saturated carbocycles. The van der Waals surface area contributed by atoms with Crippen LogP contribution in [0.5, 0.6) is 5.75 Å². The number of nitrogens with one attached hydrogen (secondary N) is 1. The van der Waals surface area contributed by atoms with Crippen LogP contribution in [0.2, 0.25) is 0 Å².